The van der Waals surface area contributed by atoms with Gasteiger partial charge in [0, 0.05) is 6.54 Å². The highest BCUT2D eigenvalue weighted by atomic mass is 16.5. The molecule has 0 aromatic carbocycles. The van der Waals surface area contributed by atoms with Gasteiger partial charge in [-0.05, 0) is 38.9 Å². The maximum Gasteiger partial charge on any atom is 0.111 e. The van der Waals surface area contributed by atoms with E-state index < -0.39 is 0 Å². The highest BCUT2D eigenvalue weighted by Gasteiger charge is 2.10. The molecule has 2 nitrogen and oxygen atoms in total. The number of hydrogen-bond donors (Lipinski definition) is 0. The van der Waals surface area contributed by atoms with E-state index in [1.54, 1.807) is 0 Å². The summed E-state index contributed by atoms with van der Waals surface area (Å²) in [4.78, 5) is 2.43. The monoisotopic (exact) mass is 209 g/mol. The molecule has 1 saturated heterocycles. The highest BCUT2D eigenvalue weighted by molar-refractivity contribution is 5.05. The van der Waals surface area contributed by atoms with Gasteiger partial charge in [0.15, 0.2) is 0 Å². The summed E-state index contributed by atoms with van der Waals surface area (Å²) in [5.41, 5.74) is 0. The molecule has 0 saturated carbocycles. The number of ether oxygens (including phenoxy) is 1. The Bertz CT molecular complexity index is 193. The van der Waals surface area contributed by atoms with E-state index in [4.69, 9.17) is 4.74 Å². The minimum atomic E-state index is 0.765. The zero-order valence-corrected chi connectivity index (χ0v) is 9.87. The number of rotatable bonds is 5. The quantitative estimate of drug-likeness (QED) is 0.392. The Kier molecular flexibility index (Phi) is 8.88. The van der Waals surface area contributed by atoms with Gasteiger partial charge in [-0.2, -0.15) is 0 Å². The van der Waals surface area contributed by atoms with Crippen molar-refractivity contribution in [2.75, 3.05) is 26.2 Å². The summed E-state index contributed by atoms with van der Waals surface area (Å²) < 4.78 is 5.42. The molecule has 0 bridgehead atoms. The molecule has 2 heteroatoms. The Labute approximate surface area is 93.9 Å². The molecule has 0 aliphatic carbocycles. The average Bonchev–Trinajstić information content (AvgIpc) is 2.74. The fourth-order valence-corrected chi connectivity index (χ4v) is 1.55. The van der Waals surface area contributed by atoms with Crippen molar-refractivity contribution >= 4 is 0 Å². The fraction of sp³-hybridized carbons (Fsp3) is 0.538. The van der Waals surface area contributed by atoms with Gasteiger partial charge in [0.2, 0.25) is 0 Å². The van der Waals surface area contributed by atoms with E-state index in [0.29, 0.717) is 0 Å². The van der Waals surface area contributed by atoms with Crippen LogP contribution in [0.4, 0.5) is 0 Å². The van der Waals surface area contributed by atoms with Gasteiger partial charge in [-0.15, -0.1) is 13.2 Å². The molecule has 0 aromatic heterocycles. The van der Waals surface area contributed by atoms with Crippen molar-refractivity contribution in [3.63, 3.8) is 0 Å². The second-order valence-electron chi connectivity index (χ2n) is 3.36. The third kappa shape index (κ3) is 6.97. The van der Waals surface area contributed by atoms with Crippen molar-refractivity contribution in [3.8, 4) is 0 Å². The lowest BCUT2D eigenvalue weighted by molar-refractivity contribution is 0.181. The number of nitrogens with zero attached hydrogens (tertiary/aromatic N) is 1. The molecular formula is C13H23NO. The fourth-order valence-electron chi connectivity index (χ4n) is 1.55. The Hall–Kier alpha value is -1.02. The van der Waals surface area contributed by atoms with Crippen LogP contribution >= 0.6 is 0 Å². The van der Waals surface area contributed by atoms with Crippen LogP contribution in [-0.4, -0.2) is 31.1 Å². The third-order valence-corrected chi connectivity index (χ3v) is 2.25. The van der Waals surface area contributed by atoms with Gasteiger partial charge in [0.25, 0.3) is 0 Å². The number of allylic oxidation sites excluding steroid dienone is 2. The van der Waals surface area contributed by atoms with Crippen molar-refractivity contribution in [3.05, 3.63) is 37.6 Å². The van der Waals surface area contributed by atoms with E-state index in [1.165, 1.54) is 25.9 Å². The highest BCUT2D eigenvalue weighted by Crippen LogP contribution is 2.06. The number of hydrogen-bond acceptors (Lipinski definition) is 2. The topological polar surface area (TPSA) is 12.5 Å². The second-order valence-corrected chi connectivity index (χ2v) is 3.36. The van der Waals surface area contributed by atoms with Crippen molar-refractivity contribution in [1.82, 2.24) is 4.90 Å². The normalized spacial score (nSPS) is 16.1. The van der Waals surface area contributed by atoms with Gasteiger partial charge in [0.05, 0.1) is 0 Å². The maximum atomic E-state index is 5.42. The van der Waals surface area contributed by atoms with Crippen LogP contribution in [0.3, 0.4) is 0 Å². The van der Waals surface area contributed by atoms with Gasteiger partial charge in [-0.1, -0.05) is 12.7 Å². The molecule has 86 valence electrons. The minimum absolute atomic E-state index is 0.765. The molecule has 0 aromatic rings. The van der Waals surface area contributed by atoms with Crippen molar-refractivity contribution in [2.24, 2.45) is 0 Å². The summed E-state index contributed by atoms with van der Waals surface area (Å²) in [5.74, 6) is 0.765. The predicted molar refractivity (Wildman–Crippen MR) is 66.8 cm³/mol. The zero-order valence-electron chi connectivity index (χ0n) is 9.87. The first kappa shape index (κ1) is 14.0. The summed E-state index contributed by atoms with van der Waals surface area (Å²) in [5, 5.41) is 0. The van der Waals surface area contributed by atoms with Crippen LogP contribution < -0.4 is 0 Å². The van der Waals surface area contributed by atoms with E-state index in [9.17, 15) is 0 Å². The molecule has 1 aliphatic heterocycles. The van der Waals surface area contributed by atoms with Crippen molar-refractivity contribution < 1.29 is 4.74 Å². The largest absolute Gasteiger partial charge is 0.493 e. The standard InChI is InChI=1S/C11H19NO.C2H4/c1-3-6-11(2)13-10-9-12-7-4-5-8-12;1-2/h3,6H,2,4-5,7-10H2,1H3;1-2H2/b6-3-;. The second kappa shape index (κ2) is 9.53. The zero-order chi connectivity index (χ0) is 11.5. The molecule has 1 fully saturated rings. The van der Waals surface area contributed by atoms with Gasteiger partial charge in [-0.3, -0.25) is 4.90 Å². The Morgan fingerprint density at radius 2 is 1.93 bits per heavy atom. The smallest absolute Gasteiger partial charge is 0.111 e. The van der Waals surface area contributed by atoms with Gasteiger partial charge in [0.1, 0.15) is 12.4 Å². The molecule has 0 unspecified atom stereocenters. The molecule has 1 heterocycles. The summed E-state index contributed by atoms with van der Waals surface area (Å²) in [6.07, 6.45) is 6.52. The SMILES string of the molecule is C=C.C=C(/C=C\C)OCCN1CCCC1. The summed E-state index contributed by atoms with van der Waals surface area (Å²) in [7, 11) is 0. The van der Waals surface area contributed by atoms with Gasteiger partial charge in [-0.25, -0.2) is 0 Å². The van der Waals surface area contributed by atoms with Crippen LogP contribution in [0.1, 0.15) is 19.8 Å². The van der Waals surface area contributed by atoms with Crippen LogP contribution in [0, 0.1) is 0 Å². The van der Waals surface area contributed by atoms with Crippen molar-refractivity contribution in [2.45, 2.75) is 19.8 Å². The van der Waals surface area contributed by atoms with Gasteiger partial charge >= 0.3 is 0 Å². The predicted octanol–water partition coefficient (Wildman–Crippen LogP) is 2.99. The van der Waals surface area contributed by atoms with E-state index in [-0.39, 0.29) is 0 Å². The van der Waals surface area contributed by atoms with Gasteiger partial charge < -0.3 is 4.74 Å². The first-order chi connectivity index (χ1) is 7.33. The van der Waals surface area contributed by atoms with E-state index in [1.807, 2.05) is 19.1 Å². The molecule has 15 heavy (non-hydrogen) atoms. The molecule has 1 aliphatic rings. The molecule has 1 rings (SSSR count). The Morgan fingerprint density at radius 3 is 2.47 bits per heavy atom. The Balaban J connectivity index is 0.000000921. The molecule has 0 radical (unpaired) electrons. The van der Waals surface area contributed by atoms with Crippen molar-refractivity contribution in [1.29, 1.82) is 0 Å². The van der Waals surface area contributed by atoms with Crippen LogP contribution in [-0.2, 0) is 4.74 Å². The van der Waals surface area contributed by atoms with Crippen LogP contribution in [0.2, 0.25) is 0 Å². The third-order valence-electron chi connectivity index (χ3n) is 2.25. The lowest BCUT2D eigenvalue weighted by Crippen LogP contribution is -2.23. The molecule has 0 N–H and O–H groups in total. The van der Waals surface area contributed by atoms with E-state index in [0.717, 1.165) is 18.9 Å². The maximum absolute atomic E-state index is 5.42. The summed E-state index contributed by atoms with van der Waals surface area (Å²) in [6.45, 7) is 16.0. The minimum Gasteiger partial charge on any atom is -0.493 e. The van der Waals surface area contributed by atoms with E-state index in [2.05, 4.69) is 24.6 Å². The summed E-state index contributed by atoms with van der Waals surface area (Å²) >= 11 is 0. The molecular weight excluding hydrogens is 186 g/mol. The molecule has 0 atom stereocenters. The van der Waals surface area contributed by atoms with Crippen LogP contribution in [0.5, 0.6) is 0 Å². The van der Waals surface area contributed by atoms with E-state index >= 15 is 0 Å². The number of likely N-dealkylation sites (tertiary alicyclic amines) is 1. The first-order valence-corrected chi connectivity index (χ1v) is 5.49. The summed E-state index contributed by atoms with van der Waals surface area (Å²) in [6, 6.07) is 0. The first-order valence-electron chi connectivity index (χ1n) is 5.49. The van der Waals surface area contributed by atoms with Crippen LogP contribution in [0.25, 0.3) is 0 Å². The molecule has 0 amide bonds. The lowest BCUT2D eigenvalue weighted by Gasteiger charge is -2.14. The lowest BCUT2D eigenvalue weighted by atomic mass is 10.4. The average molecular weight is 209 g/mol. The van der Waals surface area contributed by atoms with Crippen LogP contribution in [0.15, 0.2) is 37.6 Å². The molecule has 0 spiro atoms. The Morgan fingerprint density at radius 1 is 1.33 bits per heavy atom.